The molecule has 2 aliphatic rings. The first-order chi connectivity index (χ1) is 13.6. The summed E-state index contributed by atoms with van der Waals surface area (Å²) >= 11 is 0. The number of aryl methyl sites for hydroxylation is 1. The minimum absolute atomic E-state index is 0.148. The van der Waals surface area contributed by atoms with Gasteiger partial charge in [-0.15, -0.1) is 0 Å². The number of fused-ring (bicyclic) bond motifs is 2. The third-order valence-corrected chi connectivity index (χ3v) is 5.96. The highest BCUT2D eigenvalue weighted by Gasteiger charge is 2.53. The highest BCUT2D eigenvalue weighted by molar-refractivity contribution is 6.21. The molecular formula is C22H21N3O3. The summed E-state index contributed by atoms with van der Waals surface area (Å²) in [5, 5.41) is 11.1. The molecule has 1 fully saturated rings. The zero-order chi connectivity index (χ0) is 19.3. The summed E-state index contributed by atoms with van der Waals surface area (Å²) < 4.78 is 6.45. The number of nitrogens with one attached hydrogen (secondary N) is 2. The zero-order valence-corrected chi connectivity index (χ0v) is 15.6. The Morgan fingerprint density at radius 1 is 1.21 bits per heavy atom. The maximum Gasteiger partial charge on any atom is 0.181 e. The van der Waals surface area contributed by atoms with Gasteiger partial charge in [-0.05, 0) is 43.8 Å². The molecule has 6 heteroatoms. The van der Waals surface area contributed by atoms with Gasteiger partial charge in [0.2, 0.25) is 0 Å². The minimum atomic E-state index is -0.862. The number of Topliss-reactive ketones (excluding diaryl/α,β-unsaturated/α-hetero) is 2. The van der Waals surface area contributed by atoms with Crippen LogP contribution in [0.15, 0.2) is 42.6 Å². The van der Waals surface area contributed by atoms with E-state index in [0.717, 1.165) is 10.9 Å². The van der Waals surface area contributed by atoms with Crippen molar-refractivity contribution < 1.29 is 14.3 Å². The zero-order valence-electron chi connectivity index (χ0n) is 15.6. The summed E-state index contributed by atoms with van der Waals surface area (Å²) in [4.78, 5) is 27.2. The van der Waals surface area contributed by atoms with E-state index in [1.54, 1.807) is 18.3 Å². The van der Waals surface area contributed by atoms with Gasteiger partial charge in [0.1, 0.15) is 17.3 Å². The maximum absolute atomic E-state index is 13.7. The second-order valence-corrected chi connectivity index (χ2v) is 7.72. The van der Waals surface area contributed by atoms with Crippen LogP contribution in [0.1, 0.15) is 39.1 Å². The van der Waals surface area contributed by atoms with Gasteiger partial charge in [-0.1, -0.05) is 18.2 Å². The van der Waals surface area contributed by atoms with Gasteiger partial charge in [-0.2, -0.15) is 5.10 Å². The number of carbonyl (C=O) groups is 2. The quantitative estimate of drug-likeness (QED) is 0.531. The molecule has 6 nitrogen and oxygen atoms in total. The Kier molecular flexibility index (Phi) is 3.84. The van der Waals surface area contributed by atoms with Crippen LogP contribution in [0, 0.1) is 12.8 Å². The minimum Gasteiger partial charge on any atom is -0.485 e. The number of aromatic amines is 1. The van der Waals surface area contributed by atoms with Crippen molar-refractivity contribution in [3.63, 3.8) is 0 Å². The number of aromatic nitrogens is 2. The number of carbonyl (C=O) groups excluding carboxylic acids is 2. The van der Waals surface area contributed by atoms with Crippen molar-refractivity contribution in [2.24, 2.45) is 5.92 Å². The SMILES string of the molecule is Cc1ccc2c(c1)OC1(CCNCC1)C(C(=O)c1cccc3cn[nH]c13)C2=O. The van der Waals surface area contributed by atoms with Crippen LogP contribution in [-0.2, 0) is 0 Å². The van der Waals surface area contributed by atoms with E-state index in [1.165, 1.54) is 0 Å². The van der Waals surface area contributed by atoms with Crippen LogP contribution >= 0.6 is 0 Å². The monoisotopic (exact) mass is 375 g/mol. The van der Waals surface area contributed by atoms with E-state index in [9.17, 15) is 9.59 Å². The molecule has 0 aliphatic carbocycles. The molecule has 2 aromatic carbocycles. The van der Waals surface area contributed by atoms with Crippen molar-refractivity contribution in [3.8, 4) is 5.75 Å². The summed E-state index contributed by atoms with van der Waals surface area (Å²) in [6.07, 6.45) is 2.91. The second-order valence-electron chi connectivity index (χ2n) is 7.72. The Morgan fingerprint density at radius 2 is 2.04 bits per heavy atom. The molecule has 5 rings (SSSR count). The summed E-state index contributed by atoms with van der Waals surface area (Å²) in [7, 11) is 0. The smallest absolute Gasteiger partial charge is 0.181 e. The number of piperidine rings is 1. The van der Waals surface area contributed by atoms with Crippen molar-refractivity contribution >= 4 is 22.5 Å². The largest absolute Gasteiger partial charge is 0.485 e. The van der Waals surface area contributed by atoms with Gasteiger partial charge in [-0.25, -0.2) is 0 Å². The van der Waals surface area contributed by atoms with E-state index in [1.807, 2.05) is 31.2 Å². The fourth-order valence-electron chi connectivity index (χ4n) is 4.52. The first kappa shape index (κ1) is 17.1. The van der Waals surface area contributed by atoms with E-state index in [4.69, 9.17) is 4.74 Å². The number of ketones is 2. The first-order valence-corrected chi connectivity index (χ1v) is 9.60. The summed E-state index contributed by atoms with van der Waals surface area (Å²) in [5.41, 5.74) is 1.86. The second kappa shape index (κ2) is 6.27. The van der Waals surface area contributed by atoms with E-state index in [0.29, 0.717) is 48.3 Å². The molecule has 1 saturated heterocycles. The van der Waals surface area contributed by atoms with Gasteiger partial charge in [0.25, 0.3) is 0 Å². The van der Waals surface area contributed by atoms with Gasteiger partial charge in [-0.3, -0.25) is 14.7 Å². The molecule has 2 N–H and O–H groups in total. The van der Waals surface area contributed by atoms with Crippen LogP contribution < -0.4 is 10.1 Å². The predicted molar refractivity (Wildman–Crippen MR) is 105 cm³/mol. The number of para-hydroxylation sites is 1. The topological polar surface area (TPSA) is 84.1 Å². The van der Waals surface area contributed by atoms with Crippen LogP contribution in [-0.4, -0.2) is 40.5 Å². The third kappa shape index (κ3) is 2.48. The molecule has 0 saturated carbocycles. The van der Waals surface area contributed by atoms with Gasteiger partial charge < -0.3 is 10.1 Å². The van der Waals surface area contributed by atoms with Crippen molar-refractivity contribution in [2.75, 3.05) is 13.1 Å². The summed E-state index contributed by atoms with van der Waals surface area (Å²) in [6, 6.07) is 11.0. The molecule has 0 amide bonds. The molecule has 28 heavy (non-hydrogen) atoms. The normalized spacial score (nSPS) is 20.8. The molecule has 1 spiro atoms. The van der Waals surface area contributed by atoms with Crippen molar-refractivity contribution in [1.82, 2.24) is 15.5 Å². The molecule has 1 unspecified atom stereocenters. The van der Waals surface area contributed by atoms with Crippen LogP contribution in [0.3, 0.4) is 0 Å². The molecule has 0 bridgehead atoms. The highest BCUT2D eigenvalue weighted by atomic mass is 16.5. The fraction of sp³-hybridized carbons (Fsp3) is 0.318. The molecule has 3 aromatic rings. The molecular weight excluding hydrogens is 354 g/mol. The van der Waals surface area contributed by atoms with Crippen molar-refractivity contribution in [3.05, 3.63) is 59.3 Å². The average Bonchev–Trinajstić information content (AvgIpc) is 3.17. The molecule has 3 heterocycles. The van der Waals surface area contributed by atoms with Gasteiger partial charge in [0, 0.05) is 23.8 Å². The Hall–Kier alpha value is -2.99. The summed E-state index contributed by atoms with van der Waals surface area (Å²) in [5.74, 6) is -0.618. The fourth-order valence-corrected chi connectivity index (χ4v) is 4.52. The Labute approximate surface area is 162 Å². The highest BCUT2D eigenvalue weighted by Crippen LogP contribution is 2.44. The standard InChI is InChI=1S/C22H21N3O3/c1-13-5-6-15-17(11-13)28-22(7-9-23-10-8-22)18(20(15)26)21(27)16-4-2-3-14-12-24-25-19(14)16/h2-6,11-12,18,23H,7-10H2,1H3,(H,24,25). The van der Waals surface area contributed by atoms with Gasteiger partial charge >= 0.3 is 0 Å². The number of ether oxygens (including phenoxy) is 1. The van der Waals surface area contributed by atoms with Crippen LogP contribution in [0.25, 0.3) is 10.9 Å². The number of rotatable bonds is 2. The number of benzene rings is 2. The Bertz CT molecular complexity index is 1100. The van der Waals surface area contributed by atoms with Crippen LogP contribution in [0.4, 0.5) is 0 Å². The van der Waals surface area contributed by atoms with E-state index >= 15 is 0 Å². The summed E-state index contributed by atoms with van der Waals surface area (Å²) in [6.45, 7) is 3.40. The lowest BCUT2D eigenvalue weighted by molar-refractivity contribution is -0.0138. The molecule has 1 aromatic heterocycles. The van der Waals surface area contributed by atoms with Crippen LogP contribution in [0.2, 0.25) is 0 Å². The molecule has 1 atom stereocenters. The molecule has 2 aliphatic heterocycles. The van der Waals surface area contributed by atoms with E-state index in [-0.39, 0.29) is 11.6 Å². The number of H-pyrrole nitrogens is 1. The van der Waals surface area contributed by atoms with Gasteiger partial charge in [0.05, 0.1) is 17.3 Å². The number of hydrogen-bond acceptors (Lipinski definition) is 5. The Morgan fingerprint density at radius 3 is 2.86 bits per heavy atom. The van der Waals surface area contributed by atoms with Crippen molar-refractivity contribution in [1.29, 1.82) is 0 Å². The first-order valence-electron chi connectivity index (χ1n) is 9.60. The van der Waals surface area contributed by atoms with E-state index < -0.39 is 11.5 Å². The van der Waals surface area contributed by atoms with Gasteiger partial charge in [0.15, 0.2) is 11.6 Å². The number of hydrogen-bond donors (Lipinski definition) is 2. The maximum atomic E-state index is 13.7. The Balaban J connectivity index is 1.67. The van der Waals surface area contributed by atoms with Crippen molar-refractivity contribution in [2.45, 2.75) is 25.4 Å². The third-order valence-electron chi connectivity index (χ3n) is 5.96. The average molecular weight is 375 g/mol. The molecule has 0 radical (unpaired) electrons. The lowest BCUT2D eigenvalue weighted by Gasteiger charge is -2.45. The number of nitrogens with zero attached hydrogens (tertiary/aromatic N) is 1. The lowest BCUT2D eigenvalue weighted by Crippen LogP contribution is -2.58. The van der Waals surface area contributed by atoms with E-state index in [2.05, 4.69) is 15.5 Å². The van der Waals surface area contributed by atoms with Crippen LogP contribution in [0.5, 0.6) is 5.75 Å². The lowest BCUT2D eigenvalue weighted by atomic mass is 9.70. The molecule has 142 valence electrons. The predicted octanol–water partition coefficient (Wildman–Crippen LogP) is 3.07.